The SMILES string of the molecule is Cc1c(CN(C)C[C@@H](O)c2ncccn2)sc2c(=O)c(C(=O)NCc3ccc(F)cc3)cn(C)c12. The first kappa shape index (κ1) is 24.6. The molecule has 35 heavy (non-hydrogen) atoms. The van der Waals surface area contributed by atoms with E-state index in [1.54, 1.807) is 41.4 Å². The van der Waals surface area contributed by atoms with Gasteiger partial charge in [-0.1, -0.05) is 12.1 Å². The number of fused-ring (bicyclic) bond motifs is 1. The maximum atomic E-state index is 13.2. The summed E-state index contributed by atoms with van der Waals surface area (Å²) in [6.07, 6.45) is 3.89. The molecule has 0 bridgehead atoms. The van der Waals surface area contributed by atoms with Gasteiger partial charge < -0.3 is 15.0 Å². The molecule has 1 amide bonds. The van der Waals surface area contributed by atoms with Gasteiger partial charge in [-0.3, -0.25) is 14.5 Å². The largest absolute Gasteiger partial charge is 0.384 e. The summed E-state index contributed by atoms with van der Waals surface area (Å²) in [6, 6.07) is 7.52. The average Bonchev–Trinajstić information content (AvgIpc) is 3.17. The third-order valence-electron chi connectivity index (χ3n) is 5.73. The lowest BCUT2D eigenvalue weighted by Gasteiger charge is -2.19. The molecule has 182 valence electrons. The van der Waals surface area contributed by atoms with Crippen LogP contribution >= 0.6 is 11.3 Å². The molecule has 1 atom stereocenters. The first-order chi connectivity index (χ1) is 16.7. The molecule has 0 radical (unpaired) electrons. The van der Waals surface area contributed by atoms with Crippen LogP contribution in [0.4, 0.5) is 4.39 Å². The summed E-state index contributed by atoms with van der Waals surface area (Å²) < 4.78 is 15.4. The van der Waals surface area contributed by atoms with Gasteiger partial charge in [0.25, 0.3) is 5.91 Å². The second-order valence-electron chi connectivity index (χ2n) is 8.44. The number of likely N-dealkylation sites (N-methyl/N-ethyl adjacent to an activating group) is 1. The van der Waals surface area contributed by atoms with Gasteiger partial charge in [0.05, 0.1) is 10.2 Å². The van der Waals surface area contributed by atoms with Crippen molar-refractivity contribution < 1.29 is 14.3 Å². The van der Waals surface area contributed by atoms with Crippen molar-refractivity contribution >= 4 is 27.5 Å². The van der Waals surface area contributed by atoms with Gasteiger partial charge >= 0.3 is 0 Å². The number of rotatable bonds is 8. The van der Waals surface area contributed by atoms with E-state index in [0.717, 1.165) is 21.5 Å². The van der Waals surface area contributed by atoms with Crippen molar-refractivity contribution in [3.63, 3.8) is 0 Å². The number of hydrogen-bond acceptors (Lipinski definition) is 7. The van der Waals surface area contributed by atoms with Crippen molar-refractivity contribution in [2.75, 3.05) is 13.6 Å². The van der Waals surface area contributed by atoms with E-state index >= 15 is 0 Å². The molecule has 0 aliphatic carbocycles. The number of aromatic nitrogens is 3. The molecule has 0 fully saturated rings. The molecule has 8 nitrogen and oxygen atoms in total. The molecule has 0 spiro atoms. The Bertz CT molecular complexity index is 1400. The van der Waals surface area contributed by atoms with E-state index in [9.17, 15) is 19.1 Å². The summed E-state index contributed by atoms with van der Waals surface area (Å²) in [5.41, 5.74) is 2.21. The Labute approximate surface area is 205 Å². The highest BCUT2D eigenvalue weighted by Gasteiger charge is 2.21. The van der Waals surface area contributed by atoms with Crippen LogP contribution in [0.3, 0.4) is 0 Å². The van der Waals surface area contributed by atoms with Gasteiger partial charge in [-0.15, -0.1) is 11.3 Å². The fourth-order valence-electron chi connectivity index (χ4n) is 3.93. The van der Waals surface area contributed by atoms with Crippen molar-refractivity contribution in [2.45, 2.75) is 26.1 Å². The molecule has 4 aromatic rings. The minimum Gasteiger partial charge on any atom is -0.384 e. The Balaban J connectivity index is 1.53. The summed E-state index contributed by atoms with van der Waals surface area (Å²) in [5, 5.41) is 13.2. The molecule has 10 heteroatoms. The Morgan fingerprint density at radius 3 is 2.63 bits per heavy atom. The number of benzene rings is 1. The molecule has 3 heterocycles. The van der Waals surface area contributed by atoms with Gasteiger partial charge in [0.1, 0.15) is 17.5 Å². The number of aryl methyl sites for hydroxylation is 2. The minimum absolute atomic E-state index is 0.0555. The maximum absolute atomic E-state index is 13.2. The van der Waals surface area contributed by atoms with E-state index in [2.05, 4.69) is 15.3 Å². The standard InChI is InChI=1S/C25H26FN5O3S/c1-15-20(14-30(2)13-19(32)24-27-9-4-10-28-24)35-23-21(15)31(3)12-18(22(23)33)25(34)29-11-16-5-7-17(26)8-6-16/h4-10,12,19,32H,11,13-14H2,1-3H3,(H,29,34)/t19-/m1/s1. The van der Waals surface area contributed by atoms with Crippen molar-refractivity contribution in [1.29, 1.82) is 0 Å². The number of nitrogens with one attached hydrogen (secondary N) is 1. The molecule has 3 aromatic heterocycles. The summed E-state index contributed by atoms with van der Waals surface area (Å²) >= 11 is 1.35. The highest BCUT2D eigenvalue weighted by Crippen LogP contribution is 2.30. The third kappa shape index (κ3) is 5.45. The van der Waals surface area contributed by atoms with Crippen LogP contribution in [0.1, 0.15) is 38.3 Å². The molecule has 0 unspecified atom stereocenters. The van der Waals surface area contributed by atoms with Crippen LogP contribution in [-0.4, -0.2) is 44.0 Å². The molecular formula is C25H26FN5O3S. The van der Waals surface area contributed by atoms with E-state index in [-0.39, 0.29) is 23.4 Å². The van der Waals surface area contributed by atoms with Crippen molar-refractivity contribution in [1.82, 2.24) is 24.8 Å². The van der Waals surface area contributed by atoms with Crippen LogP contribution in [0.5, 0.6) is 0 Å². The summed E-state index contributed by atoms with van der Waals surface area (Å²) in [4.78, 5) is 37.1. The molecule has 0 saturated heterocycles. The zero-order chi connectivity index (χ0) is 25.1. The van der Waals surface area contributed by atoms with Gasteiger partial charge in [0.15, 0.2) is 5.82 Å². The van der Waals surface area contributed by atoms with Crippen molar-refractivity contribution in [2.24, 2.45) is 7.05 Å². The molecule has 0 aliphatic heterocycles. The molecule has 4 rings (SSSR count). The highest BCUT2D eigenvalue weighted by atomic mass is 32.1. The summed E-state index contributed by atoms with van der Waals surface area (Å²) in [5.74, 6) is -0.471. The van der Waals surface area contributed by atoms with E-state index in [1.165, 1.54) is 23.5 Å². The smallest absolute Gasteiger partial charge is 0.257 e. The zero-order valence-corrected chi connectivity index (χ0v) is 20.5. The Morgan fingerprint density at radius 1 is 1.26 bits per heavy atom. The average molecular weight is 496 g/mol. The third-order valence-corrected chi connectivity index (χ3v) is 7.00. The first-order valence-electron chi connectivity index (χ1n) is 11.0. The number of carbonyl (C=O) groups excluding carboxylic acids is 1. The fourth-order valence-corrected chi connectivity index (χ4v) is 5.31. The second-order valence-corrected chi connectivity index (χ2v) is 9.54. The van der Waals surface area contributed by atoms with Gasteiger partial charge in [-0.25, -0.2) is 14.4 Å². The first-order valence-corrected chi connectivity index (χ1v) is 11.8. The molecule has 0 saturated carbocycles. The number of thiophene rings is 1. The Morgan fingerprint density at radius 2 is 1.94 bits per heavy atom. The van der Waals surface area contributed by atoms with Crippen LogP contribution in [0, 0.1) is 12.7 Å². The maximum Gasteiger partial charge on any atom is 0.257 e. The van der Waals surface area contributed by atoms with Gasteiger partial charge in [0, 0.05) is 50.1 Å². The minimum atomic E-state index is -0.835. The Kier molecular flexibility index (Phi) is 7.34. The number of pyridine rings is 1. The summed E-state index contributed by atoms with van der Waals surface area (Å²) in [6.45, 7) is 2.98. The monoisotopic (exact) mass is 495 g/mol. The second kappa shape index (κ2) is 10.4. The van der Waals surface area contributed by atoms with Crippen LogP contribution in [-0.2, 0) is 20.1 Å². The topological polar surface area (TPSA) is 100 Å². The number of carbonyl (C=O) groups is 1. The molecule has 2 N–H and O–H groups in total. The van der Waals surface area contributed by atoms with E-state index in [4.69, 9.17) is 0 Å². The highest BCUT2D eigenvalue weighted by molar-refractivity contribution is 7.19. The number of aliphatic hydroxyl groups is 1. The van der Waals surface area contributed by atoms with Gasteiger partial charge in [-0.2, -0.15) is 0 Å². The molecule has 0 aliphatic rings. The van der Waals surface area contributed by atoms with Gasteiger partial charge in [0.2, 0.25) is 5.43 Å². The number of aliphatic hydroxyl groups excluding tert-OH is 1. The molecule has 1 aromatic carbocycles. The normalized spacial score (nSPS) is 12.3. The lowest BCUT2D eigenvalue weighted by Crippen LogP contribution is -2.29. The lowest BCUT2D eigenvalue weighted by molar-refractivity contribution is 0.0949. The van der Waals surface area contributed by atoms with Crippen LogP contribution in [0.15, 0.2) is 53.7 Å². The quantitative estimate of drug-likeness (QED) is 0.390. The molecular weight excluding hydrogens is 469 g/mol. The number of nitrogens with zero attached hydrogens (tertiary/aromatic N) is 4. The summed E-state index contributed by atoms with van der Waals surface area (Å²) in [7, 11) is 3.69. The Hall–Kier alpha value is -3.47. The zero-order valence-electron chi connectivity index (χ0n) is 19.7. The van der Waals surface area contributed by atoms with Crippen LogP contribution < -0.4 is 10.7 Å². The van der Waals surface area contributed by atoms with Crippen LogP contribution in [0.2, 0.25) is 0 Å². The number of hydrogen-bond donors (Lipinski definition) is 2. The van der Waals surface area contributed by atoms with Crippen LogP contribution in [0.25, 0.3) is 10.2 Å². The van der Waals surface area contributed by atoms with E-state index in [1.807, 2.05) is 25.9 Å². The lowest BCUT2D eigenvalue weighted by atomic mass is 10.1. The van der Waals surface area contributed by atoms with Crippen molar-refractivity contribution in [3.8, 4) is 0 Å². The fraction of sp³-hybridized carbons (Fsp3) is 0.280. The number of amides is 1. The predicted octanol–water partition coefficient (Wildman–Crippen LogP) is 2.93. The van der Waals surface area contributed by atoms with E-state index in [0.29, 0.717) is 23.6 Å². The predicted molar refractivity (Wildman–Crippen MR) is 133 cm³/mol. The van der Waals surface area contributed by atoms with E-state index < -0.39 is 12.0 Å². The number of halogens is 1. The van der Waals surface area contributed by atoms with Crippen molar-refractivity contribution in [3.05, 3.63) is 92.4 Å². The van der Waals surface area contributed by atoms with Gasteiger partial charge in [-0.05, 0) is 43.3 Å².